The molecule has 0 saturated heterocycles. The molecule has 0 spiro atoms. The van der Waals surface area contributed by atoms with Crippen LogP contribution in [0.5, 0.6) is 0 Å². The van der Waals surface area contributed by atoms with E-state index in [1.165, 1.54) is 12.1 Å². The van der Waals surface area contributed by atoms with E-state index in [1.807, 2.05) is 0 Å². The maximum Gasteiger partial charge on any atom is 0.252 e. The first kappa shape index (κ1) is 16.6. The molecule has 1 aromatic rings. The van der Waals surface area contributed by atoms with Crippen LogP contribution in [0.3, 0.4) is 0 Å². The summed E-state index contributed by atoms with van der Waals surface area (Å²) < 4.78 is 49.2. The Bertz CT molecular complexity index is 567. The number of alkyl halides is 2. The topological polar surface area (TPSA) is 63.4 Å². The van der Waals surface area contributed by atoms with Crippen LogP contribution in [0, 0.1) is 0 Å². The van der Waals surface area contributed by atoms with Crippen LogP contribution in [0.15, 0.2) is 17.0 Å². The Balaban J connectivity index is 3.28. The zero-order valence-corrected chi connectivity index (χ0v) is 12.2. The Labute approximate surface area is 120 Å². The second-order valence-corrected chi connectivity index (χ2v) is 6.58. The molecule has 0 aliphatic heterocycles. The molecule has 0 aromatic heterocycles. The van der Waals surface area contributed by atoms with E-state index in [4.69, 9.17) is 28.9 Å². The number of benzene rings is 1. The minimum Gasteiger partial charge on any atom is -0.326 e. The van der Waals surface area contributed by atoms with E-state index in [1.54, 1.807) is 0 Å². The molecule has 0 atom stereocenters. The van der Waals surface area contributed by atoms with Gasteiger partial charge in [0.05, 0.1) is 11.6 Å². The summed E-state index contributed by atoms with van der Waals surface area (Å²) >= 11 is 11.6. The van der Waals surface area contributed by atoms with Gasteiger partial charge in [-0.1, -0.05) is 23.2 Å². The molecule has 0 radical (unpaired) electrons. The van der Waals surface area contributed by atoms with Gasteiger partial charge in [-0.2, -0.15) is 4.31 Å². The van der Waals surface area contributed by atoms with Gasteiger partial charge in [0, 0.05) is 18.6 Å². The van der Waals surface area contributed by atoms with Crippen molar-refractivity contribution in [2.75, 3.05) is 13.6 Å². The zero-order chi connectivity index (χ0) is 14.8. The molecule has 0 aliphatic rings. The van der Waals surface area contributed by atoms with Crippen molar-refractivity contribution in [2.45, 2.75) is 17.9 Å². The highest BCUT2D eigenvalue weighted by Crippen LogP contribution is 2.30. The second-order valence-electron chi connectivity index (χ2n) is 3.75. The Morgan fingerprint density at radius 2 is 1.89 bits per heavy atom. The lowest BCUT2D eigenvalue weighted by Crippen LogP contribution is -2.31. The lowest BCUT2D eigenvalue weighted by molar-refractivity contribution is 0.126. The van der Waals surface area contributed by atoms with Crippen molar-refractivity contribution in [2.24, 2.45) is 5.73 Å². The molecular weight excluding hydrogens is 321 g/mol. The highest BCUT2D eigenvalue weighted by Gasteiger charge is 2.26. The Kier molecular flexibility index (Phi) is 5.52. The number of nitrogens with zero attached hydrogens (tertiary/aromatic N) is 1. The standard InChI is InChI=1S/C10H12Cl2F2N2O2S/c1-16(5-10(13)14)19(17,18)9-2-6(4-15)7(11)3-8(9)12/h2-3,10H,4-5,15H2,1H3. The SMILES string of the molecule is CN(CC(F)F)S(=O)(=O)c1cc(CN)c(Cl)cc1Cl. The molecule has 0 unspecified atom stereocenters. The van der Waals surface area contributed by atoms with E-state index in [2.05, 4.69) is 0 Å². The van der Waals surface area contributed by atoms with Crippen LogP contribution in [-0.4, -0.2) is 32.7 Å². The molecule has 4 nitrogen and oxygen atoms in total. The first-order valence-electron chi connectivity index (χ1n) is 5.12. The fourth-order valence-electron chi connectivity index (χ4n) is 1.39. The number of halogens is 4. The third kappa shape index (κ3) is 3.76. The third-order valence-corrected chi connectivity index (χ3v) is 5.04. The molecule has 0 bridgehead atoms. The van der Waals surface area contributed by atoms with E-state index in [-0.39, 0.29) is 21.5 Å². The largest absolute Gasteiger partial charge is 0.326 e. The van der Waals surface area contributed by atoms with Crippen LogP contribution in [0.1, 0.15) is 5.56 Å². The van der Waals surface area contributed by atoms with Crippen molar-refractivity contribution < 1.29 is 17.2 Å². The Hall–Kier alpha value is -0.470. The highest BCUT2D eigenvalue weighted by atomic mass is 35.5. The summed E-state index contributed by atoms with van der Waals surface area (Å²) in [6, 6.07) is 2.43. The van der Waals surface area contributed by atoms with Gasteiger partial charge in [-0.3, -0.25) is 0 Å². The summed E-state index contributed by atoms with van der Waals surface area (Å²) in [5.74, 6) is 0. The molecule has 1 aromatic carbocycles. The summed E-state index contributed by atoms with van der Waals surface area (Å²) in [5.41, 5.74) is 5.78. The van der Waals surface area contributed by atoms with Crippen molar-refractivity contribution in [1.29, 1.82) is 0 Å². The van der Waals surface area contributed by atoms with Crippen LogP contribution in [0.2, 0.25) is 10.0 Å². The average molecular weight is 333 g/mol. The summed E-state index contributed by atoms with van der Waals surface area (Å²) in [6.45, 7) is -0.906. The van der Waals surface area contributed by atoms with Crippen molar-refractivity contribution >= 4 is 33.2 Å². The van der Waals surface area contributed by atoms with E-state index in [9.17, 15) is 17.2 Å². The number of hydrogen-bond acceptors (Lipinski definition) is 3. The predicted molar refractivity (Wildman–Crippen MR) is 70.2 cm³/mol. The maximum absolute atomic E-state index is 12.3. The first-order valence-corrected chi connectivity index (χ1v) is 7.32. The number of rotatable bonds is 5. The molecule has 19 heavy (non-hydrogen) atoms. The first-order chi connectivity index (χ1) is 8.70. The van der Waals surface area contributed by atoms with Crippen molar-refractivity contribution in [3.05, 3.63) is 27.7 Å². The monoisotopic (exact) mass is 332 g/mol. The summed E-state index contributed by atoms with van der Waals surface area (Å²) in [7, 11) is -3.06. The van der Waals surface area contributed by atoms with Crippen LogP contribution < -0.4 is 5.73 Å². The zero-order valence-electron chi connectivity index (χ0n) is 9.91. The number of hydrogen-bond donors (Lipinski definition) is 1. The van der Waals surface area contributed by atoms with Gasteiger partial charge in [0.15, 0.2) is 0 Å². The smallest absolute Gasteiger partial charge is 0.252 e. The van der Waals surface area contributed by atoms with Crippen LogP contribution in [0.25, 0.3) is 0 Å². The molecule has 0 heterocycles. The van der Waals surface area contributed by atoms with Gasteiger partial charge in [-0.05, 0) is 17.7 Å². The maximum atomic E-state index is 12.3. The molecule has 0 saturated carbocycles. The Morgan fingerprint density at radius 3 is 2.37 bits per heavy atom. The quantitative estimate of drug-likeness (QED) is 0.900. The minimum atomic E-state index is -4.11. The molecule has 9 heteroatoms. The van der Waals surface area contributed by atoms with Gasteiger partial charge in [0.2, 0.25) is 10.0 Å². The predicted octanol–water partition coefficient (Wildman–Crippen LogP) is 2.34. The lowest BCUT2D eigenvalue weighted by Gasteiger charge is -2.18. The molecular formula is C10H12Cl2F2N2O2S. The fourth-order valence-corrected chi connectivity index (χ4v) is 3.38. The van der Waals surface area contributed by atoms with Gasteiger partial charge >= 0.3 is 0 Å². The average Bonchev–Trinajstić information content (AvgIpc) is 2.27. The molecule has 0 amide bonds. The van der Waals surface area contributed by atoms with Gasteiger partial charge in [0.1, 0.15) is 4.90 Å². The molecule has 108 valence electrons. The van der Waals surface area contributed by atoms with Gasteiger partial charge in [0.25, 0.3) is 6.43 Å². The van der Waals surface area contributed by atoms with Gasteiger partial charge < -0.3 is 5.73 Å². The molecule has 0 aliphatic carbocycles. The van der Waals surface area contributed by atoms with Crippen molar-refractivity contribution in [3.8, 4) is 0 Å². The summed E-state index contributed by atoms with van der Waals surface area (Å²) in [4.78, 5) is -0.290. The second kappa shape index (κ2) is 6.32. The highest BCUT2D eigenvalue weighted by molar-refractivity contribution is 7.89. The van der Waals surface area contributed by atoms with E-state index in [0.29, 0.717) is 9.87 Å². The third-order valence-electron chi connectivity index (χ3n) is 2.40. The Morgan fingerprint density at radius 1 is 1.32 bits per heavy atom. The fraction of sp³-hybridized carbons (Fsp3) is 0.400. The molecule has 1 rings (SSSR count). The molecule has 2 N–H and O–H groups in total. The van der Waals surface area contributed by atoms with Gasteiger partial charge in [-0.25, -0.2) is 17.2 Å². The van der Waals surface area contributed by atoms with E-state index in [0.717, 1.165) is 7.05 Å². The number of sulfonamides is 1. The van der Waals surface area contributed by atoms with Gasteiger partial charge in [-0.15, -0.1) is 0 Å². The minimum absolute atomic E-state index is 0.0110. The van der Waals surface area contributed by atoms with Crippen LogP contribution in [0.4, 0.5) is 8.78 Å². The summed E-state index contributed by atoms with van der Waals surface area (Å²) in [6.07, 6.45) is -2.78. The van der Waals surface area contributed by atoms with E-state index < -0.39 is 23.0 Å². The normalized spacial score (nSPS) is 12.4. The number of nitrogens with two attached hydrogens (primary N) is 1. The van der Waals surface area contributed by atoms with Crippen LogP contribution in [-0.2, 0) is 16.6 Å². The molecule has 0 fully saturated rings. The van der Waals surface area contributed by atoms with Crippen molar-refractivity contribution in [3.63, 3.8) is 0 Å². The van der Waals surface area contributed by atoms with E-state index >= 15 is 0 Å². The lowest BCUT2D eigenvalue weighted by atomic mass is 10.2. The van der Waals surface area contributed by atoms with Crippen LogP contribution >= 0.6 is 23.2 Å². The summed E-state index contributed by atoms with van der Waals surface area (Å²) in [5, 5.41) is 0.0891. The van der Waals surface area contributed by atoms with Crippen molar-refractivity contribution in [1.82, 2.24) is 4.31 Å².